The van der Waals surface area contributed by atoms with Gasteiger partial charge in [0.05, 0.1) is 6.04 Å². The van der Waals surface area contributed by atoms with Crippen molar-refractivity contribution >= 4 is 16.7 Å². The Bertz CT molecular complexity index is 1050. The first-order chi connectivity index (χ1) is 12.8. The van der Waals surface area contributed by atoms with Gasteiger partial charge in [-0.05, 0) is 55.9 Å². The summed E-state index contributed by atoms with van der Waals surface area (Å²) in [5.74, 6) is 3.47. The maximum Gasteiger partial charge on any atom is 0.247 e. The fourth-order valence-electron chi connectivity index (χ4n) is 3.60. The van der Waals surface area contributed by atoms with Gasteiger partial charge in [0.1, 0.15) is 5.84 Å². The smallest absolute Gasteiger partial charge is 0.247 e. The summed E-state index contributed by atoms with van der Waals surface area (Å²) in [5.41, 5.74) is 3.11. The van der Waals surface area contributed by atoms with Crippen LogP contribution in [0, 0.1) is 5.92 Å². The standard InChI is InChI=1S/C20H19N5O/c1-2-11(1)16-7-8-21-18(23-16)15-10-22-17-6-5-13(9-14(15)17)20-25-24-19(26-20)12-3-4-12/h5-12,16,22H,1-4H2,(H,21,23). The van der Waals surface area contributed by atoms with Crippen LogP contribution in [-0.4, -0.2) is 27.1 Å². The van der Waals surface area contributed by atoms with Crippen molar-refractivity contribution in [2.45, 2.75) is 37.6 Å². The van der Waals surface area contributed by atoms with E-state index in [0.717, 1.165) is 46.6 Å². The van der Waals surface area contributed by atoms with E-state index in [9.17, 15) is 0 Å². The predicted molar refractivity (Wildman–Crippen MR) is 98.9 cm³/mol. The number of hydrogen-bond acceptors (Lipinski definition) is 5. The first-order valence-electron chi connectivity index (χ1n) is 9.31. The topological polar surface area (TPSA) is 79.1 Å². The summed E-state index contributed by atoms with van der Waals surface area (Å²) >= 11 is 0. The number of hydrogen-bond donors (Lipinski definition) is 2. The molecule has 0 amide bonds. The van der Waals surface area contributed by atoms with Gasteiger partial charge in [0.2, 0.25) is 11.8 Å². The fourth-order valence-corrected chi connectivity index (χ4v) is 3.60. The number of nitrogens with one attached hydrogen (secondary N) is 2. The lowest BCUT2D eigenvalue weighted by Gasteiger charge is -2.16. The molecule has 6 rings (SSSR count). The lowest BCUT2D eigenvalue weighted by Crippen LogP contribution is -2.26. The Morgan fingerprint density at radius 3 is 2.85 bits per heavy atom. The zero-order valence-corrected chi connectivity index (χ0v) is 14.3. The Kier molecular flexibility index (Phi) is 2.92. The van der Waals surface area contributed by atoms with Gasteiger partial charge in [-0.1, -0.05) is 0 Å². The molecule has 0 bridgehead atoms. The van der Waals surface area contributed by atoms with E-state index < -0.39 is 0 Å². The number of benzene rings is 1. The Hall–Kier alpha value is -2.89. The second kappa shape index (κ2) is 5.30. The molecule has 0 saturated heterocycles. The van der Waals surface area contributed by atoms with Crippen molar-refractivity contribution in [3.8, 4) is 11.5 Å². The molecule has 1 aromatic carbocycles. The van der Waals surface area contributed by atoms with Gasteiger partial charge in [-0.15, -0.1) is 10.2 Å². The van der Waals surface area contributed by atoms with Gasteiger partial charge in [-0.2, -0.15) is 0 Å². The van der Waals surface area contributed by atoms with Crippen molar-refractivity contribution in [2.75, 3.05) is 0 Å². The number of aromatic nitrogens is 3. The number of amidine groups is 1. The van der Waals surface area contributed by atoms with Crippen LogP contribution in [0.3, 0.4) is 0 Å². The van der Waals surface area contributed by atoms with Crippen LogP contribution in [0.2, 0.25) is 0 Å². The lowest BCUT2D eigenvalue weighted by atomic mass is 10.1. The van der Waals surface area contributed by atoms with Crippen LogP contribution in [0.15, 0.2) is 46.1 Å². The maximum atomic E-state index is 5.87. The van der Waals surface area contributed by atoms with E-state index in [1.807, 2.05) is 18.5 Å². The number of nitrogens with zero attached hydrogens (tertiary/aromatic N) is 3. The molecule has 26 heavy (non-hydrogen) atoms. The third-order valence-corrected chi connectivity index (χ3v) is 5.45. The van der Waals surface area contributed by atoms with Crippen LogP contribution in [0.1, 0.15) is 43.1 Å². The molecule has 0 radical (unpaired) electrons. The lowest BCUT2D eigenvalue weighted by molar-refractivity contribution is 0.508. The highest BCUT2D eigenvalue weighted by molar-refractivity contribution is 6.10. The summed E-state index contributed by atoms with van der Waals surface area (Å²) in [4.78, 5) is 8.27. The Morgan fingerprint density at radius 1 is 1.08 bits per heavy atom. The average molecular weight is 345 g/mol. The minimum atomic E-state index is 0.302. The predicted octanol–water partition coefficient (Wildman–Crippen LogP) is 3.74. The first kappa shape index (κ1) is 14.3. The van der Waals surface area contributed by atoms with E-state index in [4.69, 9.17) is 9.41 Å². The monoisotopic (exact) mass is 345 g/mol. The van der Waals surface area contributed by atoms with Gasteiger partial charge in [-0.3, -0.25) is 4.99 Å². The van der Waals surface area contributed by atoms with Crippen LogP contribution >= 0.6 is 0 Å². The quantitative estimate of drug-likeness (QED) is 0.755. The van der Waals surface area contributed by atoms with Crippen molar-refractivity contribution in [1.29, 1.82) is 0 Å². The summed E-state index contributed by atoms with van der Waals surface area (Å²) in [5, 5.41) is 12.9. The van der Waals surface area contributed by atoms with Crippen molar-refractivity contribution in [3.05, 3.63) is 48.1 Å². The second-order valence-corrected chi connectivity index (χ2v) is 7.49. The van der Waals surface area contributed by atoms with Gasteiger partial charge in [-0.25, -0.2) is 0 Å². The molecule has 1 atom stereocenters. The molecule has 2 fully saturated rings. The van der Waals surface area contributed by atoms with Crippen LogP contribution in [-0.2, 0) is 0 Å². The first-order valence-corrected chi connectivity index (χ1v) is 9.31. The summed E-state index contributed by atoms with van der Waals surface area (Å²) < 4.78 is 5.87. The molecule has 3 aromatic rings. The highest BCUT2D eigenvalue weighted by Gasteiger charge is 2.31. The van der Waals surface area contributed by atoms with E-state index in [-0.39, 0.29) is 0 Å². The van der Waals surface area contributed by atoms with E-state index in [1.54, 1.807) is 0 Å². The summed E-state index contributed by atoms with van der Waals surface area (Å²) in [6.45, 7) is 0. The number of fused-ring (bicyclic) bond motifs is 1. The molecular formula is C20H19N5O. The largest absolute Gasteiger partial charge is 0.420 e. The highest BCUT2D eigenvalue weighted by Crippen LogP contribution is 2.40. The van der Waals surface area contributed by atoms with Crippen LogP contribution < -0.4 is 5.32 Å². The Labute approximate surface area is 150 Å². The molecule has 3 heterocycles. The van der Waals surface area contributed by atoms with Gasteiger partial charge >= 0.3 is 0 Å². The van der Waals surface area contributed by atoms with Crippen molar-refractivity contribution in [1.82, 2.24) is 20.5 Å². The zero-order chi connectivity index (χ0) is 17.1. The van der Waals surface area contributed by atoms with Crippen molar-refractivity contribution < 1.29 is 4.42 Å². The molecule has 130 valence electrons. The molecule has 1 unspecified atom stereocenters. The van der Waals surface area contributed by atoms with Crippen LogP contribution in [0.4, 0.5) is 0 Å². The van der Waals surface area contributed by atoms with Crippen molar-refractivity contribution in [3.63, 3.8) is 0 Å². The average Bonchev–Trinajstić information content (AvgIpc) is 3.61. The zero-order valence-electron chi connectivity index (χ0n) is 14.3. The highest BCUT2D eigenvalue weighted by atomic mass is 16.4. The Balaban J connectivity index is 1.40. The normalized spacial score (nSPS) is 22.5. The summed E-state index contributed by atoms with van der Waals surface area (Å²) in [7, 11) is 0. The van der Waals surface area contributed by atoms with Crippen LogP contribution in [0.5, 0.6) is 0 Å². The number of aliphatic imine (C=N–C) groups is 1. The molecular weight excluding hydrogens is 326 g/mol. The SMILES string of the molecule is C1=CC(C2CC2)N=C(c2c[nH]c3ccc(-c4nnc(C5CC5)o4)cc23)N1. The molecule has 3 aliphatic rings. The van der Waals surface area contributed by atoms with E-state index in [2.05, 4.69) is 38.7 Å². The van der Waals surface area contributed by atoms with Gasteiger partial charge in [0.15, 0.2) is 0 Å². The maximum absolute atomic E-state index is 5.87. The van der Waals surface area contributed by atoms with E-state index >= 15 is 0 Å². The molecule has 1 aliphatic heterocycles. The number of H-pyrrole nitrogens is 1. The number of rotatable bonds is 4. The molecule has 6 heteroatoms. The third-order valence-electron chi connectivity index (χ3n) is 5.45. The Morgan fingerprint density at radius 2 is 2.00 bits per heavy atom. The van der Waals surface area contributed by atoms with Gasteiger partial charge < -0.3 is 14.7 Å². The fraction of sp³-hybridized carbons (Fsp3) is 0.350. The third kappa shape index (κ3) is 2.36. The molecule has 2 aromatic heterocycles. The summed E-state index contributed by atoms with van der Waals surface area (Å²) in [6, 6.07) is 6.50. The van der Waals surface area contributed by atoms with Crippen molar-refractivity contribution in [2.24, 2.45) is 10.9 Å². The second-order valence-electron chi connectivity index (χ2n) is 7.49. The minimum Gasteiger partial charge on any atom is -0.420 e. The molecule has 2 saturated carbocycles. The summed E-state index contributed by atoms with van der Waals surface area (Å²) in [6.07, 6.45) is 11.1. The van der Waals surface area contributed by atoms with E-state index in [0.29, 0.717) is 23.8 Å². The molecule has 2 aliphatic carbocycles. The van der Waals surface area contributed by atoms with Gasteiger partial charge in [0, 0.05) is 40.3 Å². The number of aromatic amines is 1. The van der Waals surface area contributed by atoms with E-state index in [1.165, 1.54) is 12.8 Å². The molecule has 6 nitrogen and oxygen atoms in total. The molecule has 0 spiro atoms. The van der Waals surface area contributed by atoms with Gasteiger partial charge in [0.25, 0.3) is 0 Å². The van der Waals surface area contributed by atoms with Crippen LogP contribution in [0.25, 0.3) is 22.4 Å². The minimum absolute atomic E-state index is 0.302. The molecule has 2 N–H and O–H groups in total.